The van der Waals surface area contributed by atoms with E-state index in [2.05, 4.69) is 78.1 Å². The van der Waals surface area contributed by atoms with E-state index in [1.54, 1.807) is 18.9 Å². The van der Waals surface area contributed by atoms with Crippen LogP contribution in [0.5, 0.6) is 0 Å². The molecule has 1 fully saturated rings. The van der Waals surface area contributed by atoms with E-state index < -0.39 is 17.7 Å². The molecular formula is C34H54N6O6. The maximum absolute atomic E-state index is 11.8. The number of carbonyl (C=O) groups is 6. The number of Topliss-reactive ketones (excluding diaryl/α,β-unsaturated/α-hetero) is 1. The molecule has 46 heavy (non-hydrogen) atoms. The molecule has 2 aromatic carbocycles. The van der Waals surface area contributed by atoms with Crippen LogP contribution in [-0.2, 0) is 28.8 Å². The topological polar surface area (TPSA) is 157 Å². The second-order valence-corrected chi connectivity index (χ2v) is 10.3. The summed E-state index contributed by atoms with van der Waals surface area (Å²) in [5, 5.41) is 9.44. The Kier molecular flexibility index (Phi) is 27.8. The molecule has 2 aromatic rings. The SMILES string of the molecule is CCC.CNCC(=O)C(=O)NCC(=O)N1CCN(C)CC1.C[C@@H](C=O)NC(=O)CNC=O.Cc1ccccc1.Cc1ccccc1. The van der Waals surface area contributed by atoms with Crippen LogP contribution in [0.4, 0.5) is 0 Å². The number of hydrogen-bond donors (Lipinski definition) is 4. The summed E-state index contributed by atoms with van der Waals surface area (Å²) in [4.78, 5) is 68.4. The molecule has 4 amide bonds. The van der Waals surface area contributed by atoms with E-state index in [1.807, 2.05) is 43.4 Å². The standard InChI is InChI=1S/C11H20N4O3.2C7H8.C6H10N2O3.C3H8/c1-12-7-9(16)11(18)13-8-10(17)15-5-3-14(2)4-6-15;2*1-7-5-3-2-4-6-7;1-5(3-9)8-6(11)2-7-4-10;1-3-2/h12H,3-8H2,1-2H3,(H,13,18);2*2-6H,1H3;3-5H,2H2,1H3,(H,7,10)(H,8,11);3H2,1-2H3/t;;;5-;/m...0./s1. The van der Waals surface area contributed by atoms with E-state index in [-0.39, 0.29) is 31.4 Å². The zero-order valence-corrected chi connectivity index (χ0v) is 28.5. The third kappa shape index (κ3) is 26.0. The molecule has 256 valence electrons. The first kappa shape index (κ1) is 43.7. The highest BCUT2D eigenvalue weighted by Crippen LogP contribution is 1.99. The lowest BCUT2D eigenvalue weighted by molar-refractivity contribution is -0.139. The average Bonchev–Trinajstić information content (AvgIpc) is 3.05. The van der Waals surface area contributed by atoms with Crippen molar-refractivity contribution in [1.82, 2.24) is 31.1 Å². The van der Waals surface area contributed by atoms with Crippen molar-refractivity contribution in [3.63, 3.8) is 0 Å². The van der Waals surface area contributed by atoms with Crippen LogP contribution < -0.4 is 21.3 Å². The first-order chi connectivity index (χ1) is 21.9. The number of hydrogen-bond acceptors (Lipinski definition) is 8. The van der Waals surface area contributed by atoms with E-state index in [0.29, 0.717) is 25.8 Å². The largest absolute Gasteiger partial charge is 0.350 e. The number of ketones is 1. The van der Waals surface area contributed by atoms with Crippen molar-refractivity contribution in [1.29, 1.82) is 0 Å². The molecular weight excluding hydrogens is 588 g/mol. The lowest BCUT2D eigenvalue weighted by atomic mass is 10.2. The molecule has 1 heterocycles. The minimum atomic E-state index is -0.716. The maximum atomic E-state index is 11.8. The van der Waals surface area contributed by atoms with Crippen LogP contribution in [0.15, 0.2) is 60.7 Å². The zero-order chi connectivity index (χ0) is 35.2. The average molecular weight is 643 g/mol. The number of piperazine rings is 1. The molecule has 1 saturated heterocycles. The van der Waals surface area contributed by atoms with Gasteiger partial charge in [0, 0.05) is 26.2 Å². The van der Waals surface area contributed by atoms with Gasteiger partial charge in [0.05, 0.1) is 25.7 Å². The molecule has 0 bridgehead atoms. The van der Waals surface area contributed by atoms with Crippen LogP contribution in [0.25, 0.3) is 0 Å². The molecule has 1 aliphatic heterocycles. The van der Waals surface area contributed by atoms with Gasteiger partial charge in [0.25, 0.3) is 5.91 Å². The number of aldehydes is 1. The van der Waals surface area contributed by atoms with Crippen LogP contribution in [0.3, 0.4) is 0 Å². The molecule has 4 N–H and O–H groups in total. The lowest BCUT2D eigenvalue weighted by Gasteiger charge is -2.32. The Labute approximate surface area is 274 Å². The number of rotatable bonds is 10. The minimum Gasteiger partial charge on any atom is -0.350 e. The van der Waals surface area contributed by atoms with Gasteiger partial charge in [-0.25, -0.2) is 0 Å². The summed E-state index contributed by atoms with van der Waals surface area (Å²) in [5.74, 6) is -1.80. The molecule has 1 aliphatic rings. The van der Waals surface area contributed by atoms with Gasteiger partial charge in [-0.3, -0.25) is 24.0 Å². The Morgan fingerprint density at radius 3 is 1.65 bits per heavy atom. The summed E-state index contributed by atoms with van der Waals surface area (Å²) < 4.78 is 0. The van der Waals surface area contributed by atoms with Crippen LogP contribution >= 0.6 is 0 Å². The van der Waals surface area contributed by atoms with E-state index in [9.17, 15) is 28.8 Å². The quantitative estimate of drug-likeness (QED) is 0.225. The summed E-state index contributed by atoms with van der Waals surface area (Å²) in [6.45, 7) is 12.7. The highest BCUT2D eigenvalue weighted by atomic mass is 16.2. The molecule has 1 atom stereocenters. The summed E-state index contributed by atoms with van der Waals surface area (Å²) in [7, 11) is 3.58. The van der Waals surface area contributed by atoms with Crippen molar-refractivity contribution in [3.05, 3.63) is 71.8 Å². The van der Waals surface area contributed by atoms with Gasteiger partial charge in [-0.1, -0.05) is 92.1 Å². The monoisotopic (exact) mass is 642 g/mol. The van der Waals surface area contributed by atoms with Gasteiger partial charge in [0.15, 0.2) is 0 Å². The van der Waals surface area contributed by atoms with Crippen molar-refractivity contribution < 1.29 is 28.8 Å². The first-order valence-electron chi connectivity index (χ1n) is 15.3. The summed E-state index contributed by atoms with van der Waals surface area (Å²) in [5.41, 5.74) is 2.64. The highest BCUT2D eigenvalue weighted by molar-refractivity contribution is 6.37. The molecule has 0 aromatic heterocycles. The number of nitrogens with zero attached hydrogens (tertiary/aromatic N) is 2. The van der Waals surface area contributed by atoms with Gasteiger partial charge in [-0.2, -0.15) is 0 Å². The predicted octanol–water partition coefficient (Wildman–Crippen LogP) is 1.51. The summed E-state index contributed by atoms with van der Waals surface area (Å²) in [6, 6.07) is 20.0. The van der Waals surface area contributed by atoms with Gasteiger partial charge < -0.3 is 35.9 Å². The van der Waals surface area contributed by atoms with E-state index in [0.717, 1.165) is 13.1 Å². The molecule has 12 nitrogen and oxygen atoms in total. The number of likely N-dealkylation sites (N-methyl/N-ethyl adjacent to an activating group) is 2. The molecule has 0 unspecified atom stereocenters. The Balaban J connectivity index is 0. The fraction of sp³-hybridized carbons (Fsp3) is 0.471. The number of carbonyl (C=O) groups excluding carboxylic acids is 6. The Morgan fingerprint density at radius 1 is 0.804 bits per heavy atom. The smallest absolute Gasteiger partial charge is 0.289 e. The summed E-state index contributed by atoms with van der Waals surface area (Å²) in [6.07, 6.45) is 2.28. The van der Waals surface area contributed by atoms with Crippen molar-refractivity contribution >= 4 is 36.2 Å². The van der Waals surface area contributed by atoms with Gasteiger partial charge >= 0.3 is 0 Å². The van der Waals surface area contributed by atoms with Gasteiger partial charge in [0.1, 0.15) is 6.29 Å². The number of aryl methyl sites for hydroxylation is 2. The Hall–Kier alpha value is -4.42. The fourth-order valence-corrected chi connectivity index (χ4v) is 3.21. The van der Waals surface area contributed by atoms with Gasteiger partial charge in [-0.15, -0.1) is 0 Å². The van der Waals surface area contributed by atoms with E-state index >= 15 is 0 Å². The second kappa shape index (κ2) is 29.3. The van der Waals surface area contributed by atoms with Gasteiger partial charge in [0.2, 0.25) is 24.0 Å². The molecule has 12 heteroatoms. The number of nitrogens with one attached hydrogen (secondary N) is 4. The lowest BCUT2D eigenvalue weighted by Crippen LogP contribution is -2.50. The van der Waals surface area contributed by atoms with Crippen molar-refractivity contribution in [2.75, 3.05) is 59.9 Å². The molecule has 3 rings (SSSR count). The van der Waals surface area contributed by atoms with E-state index in [4.69, 9.17) is 0 Å². The highest BCUT2D eigenvalue weighted by Gasteiger charge is 2.20. The second-order valence-electron chi connectivity index (χ2n) is 10.3. The van der Waals surface area contributed by atoms with Crippen LogP contribution in [0.2, 0.25) is 0 Å². The minimum absolute atomic E-state index is 0.0193. The molecule has 0 saturated carbocycles. The van der Waals surface area contributed by atoms with Crippen LogP contribution in [-0.4, -0.2) is 112 Å². The van der Waals surface area contributed by atoms with E-state index in [1.165, 1.54) is 17.5 Å². The van der Waals surface area contributed by atoms with Crippen LogP contribution in [0, 0.1) is 13.8 Å². The van der Waals surface area contributed by atoms with Crippen molar-refractivity contribution in [2.45, 2.75) is 47.1 Å². The number of benzene rings is 2. The Morgan fingerprint density at radius 2 is 1.28 bits per heavy atom. The maximum Gasteiger partial charge on any atom is 0.289 e. The van der Waals surface area contributed by atoms with Gasteiger partial charge in [-0.05, 0) is 34.9 Å². The predicted molar refractivity (Wildman–Crippen MR) is 182 cm³/mol. The van der Waals surface area contributed by atoms with Crippen LogP contribution in [0.1, 0.15) is 38.3 Å². The zero-order valence-electron chi connectivity index (χ0n) is 28.5. The molecule has 0 aliphatic carbocycles. The third-order valence-corrected chi connectivity index (χ3v) is 5.67. The first-order valence-corrected chi connectivity index (χ1v) is 15.3. The fourth-order valence-electron chi connectivity index (χ4n) is 3.21. The third-order valence-electron chi connectivity index (χ3n) is 5.67. The molecule has 0 spiro atoms. The normalized spacial score (nSPS) is 12.2. The summed E-state index contributed by atoms with van der Waals surface area (Å²) >= 11 is 0. The Bertz CT molecular complexity index is 1070. The molecule has 0 radical (unpaired) electrons. The van der Waals surface area contributed by atoms with Crippen molar-refractivity contribution in [3.8, 4) is 0 Å². The van der Waals surface area contributed by atoms with Crippen molar-refractivity contribution in [2.24, 2.45) is 0 Å². The number of amides is 4.